The van der Waals surface area contributed by atoms with Crippen molar-refractivity contribution < 1.29 is 9.53 Å². The summed E-state index contributed by atoms with van der Waals surface area (Å²) >= 11 is 0. The van der Waals surface area contributed by atoms with Crippen LogP contribution in [0.5, 0.6) is 5.75 Å². The van der Waals surface area contributed by atoms with Gasteiger partial charge in [-0.15, -0.1) is 0 Å². The predicted molar refractivity (Wildman–Crippen MR) is 143 cm³/mol. The van der Waals surface area contributed by atoms with Crippen LogP contribution in [0.2, 0.25) is 0 Å². The zero-order valence-electron chi connectivity index (χ0n) is 19.9. The van der Waals surface area contributed by atoms with Crippen molar-refractivity contribution in [3.05, 3.63) is 132 Å². The number of rotatable bonds is 6. The fourth-order valence-electron chi connectivity index (χ4n) is 4.88. The smallest absolute Gasteiger partial charge is 0.258 e. The van der Waals surface area contributed by atoms with Crippen molar-refractivity contribution in [2.45, 2.75) is 19.5 Å². The summed E-state index contributed by atoms with van der Waals surface area (Å²) in [5, 5.41) is 1.07. The van der Waals surface area contributed by atoms with Crippen molar-refractivity contribution >= 4 is 16.8 Å². The number of carbonyl (C=O) groups is 1. The molecule has 1 aliphatic rings. The summed E-state index contributed by atoms with van der Waals surface area (Å²) in [6, 6.07) is 34.8. The summed E-state index contributed by atoms with van der Waals surface area (Å²) in [5.41, 5.74) is 7.03. The van der Waals surface area contributed by atoms with Gasteiger partial charge in [0, 0.05) is 31.1 Å². The van der Waals surface area contributed by atoms with Gasteiger partial charge in [0.25, 0.3) is 5.91 Å². The Morgan fingerprint density at radius 1 is 0.778 bits per heavy atom. The first-order valence-electron chi connectivity index (χ1n) is 12.3. The fraction of sp³-hybridized carbons (Fsp3) is 0.125. The van der Waals surface area contributed by atoms with E-state index in [1.54, 1.807) is 0 Å². The maximum absolute atomic E-state index is 14.0. The number of benzene rings is 4. The molecule has 0 atom stereocenters. The molecule has 5 aromatic rings. The lowest BCUT2D eigenvalue weighted by atomic mass is 10.0. The van der Waals surface area contributed by atoms with Gasteiger partial charge in [0.2, 0.25) is 0 Å². The Labute approximate surface area is 210 Å². The second kappa shape index (κ2) is 9.67. The van der Waals surface area contributed by atoms with Crippen LogP contribution in [-0.2, 0) is 19.5 Å². The van der Waals surface area contributed by atoms with Gasteiger partial charge >= 0.3 is 0 Å². The van der Waals surface area contributed by atoms with E-state index in [9.17, 15) is 4.79 Å². The molecule has 0 unspecified atom stereocenters. The second-order valence-corrected chi connectivity index (χ2v) is 9.16. The molecule has 0 saturated carbocycles. The number of aromatic nitrogens is 1. The second-order valence-electron chi connectivity index (χ2n) is 9.16. The minimum absolute atomic E-state index is 0.0352. The number of amides is 1. The average molecular weight is 471 g/mol. The summed E-state index contributed by atoms with van der Waals surface area (Å²) in [5.74, 6) is 0.689. The van der Waals surface area contributed by atoms with E-state index in [-0.39, 0.29) is 5.91 Å². The molecule has 6 rings (SSSR count). The van der Waals surface area contributed by atoms with Gasteiger partial charge in [-0.3, -0.25) is 9.78 Å². The minimum atomic E-state index is -0.0352. The van der Waals surface area contributed by atoms with E-state index < -0.39 is 0 Å². The van der Waals surface area contributed by atoms with Gasteiger partial charge in [0.15, 0.2) is 0 Å². The van der Waals surface area contributed by atoms with E-state index in [1.807, 2.05) is 65.7 Å². The highest BCUT2D eigenvalue weighted by atomic mass is 16.5. The van der Waals surface area contributed by atoms with Gasteiger partial charge < -0.3 is 9.64 Å². The number of hydrogen-bond donors (Lipinski definition) is 0. The molecule has 1 aromatic heterocycles. The van der Waals surface area contributed by atoms with Crippen molar-refractivity contribution in [2.24, 2.45) is 0 Å². The number of ether oxygens (including phenoxy) is 1. The topological polar surface area (TPSA) is 42.4 Å². The molecule has 0 bridgehead atoms. The molecular weight excluding hydrogens is 444 g/mol. The molecule has 0 aliphatic carbocycles. The lowest BCUT2D eigenvalue weighted by molar-refractivity contribution is 0.0726. The third-order valence-corrected chi connectivity index (χ3v) is 6.66. The Hall–Kier alpha value is -4.44. The molecule has 176 valence electrons. The largest absolute Gasteiger partial charge is 0.492 e. The highest BCUT2D eigenvalue weighted by molar-refractivity contribution is 5.97. The van der Waals surface area contributed by atoms with Crippen LogP contribution >= 0.6 is 0 Å². The Bertz CT molecular complexity index is 1540. The van der Waals surface area contributed by atoms with Crippen LogP contribution in [0.25, 0.3) is 22.0 Å². The zero-order valence-corrected chi connectivity index (χ0v) is 19.9. The van der Waals surface area contributed by atoms with Crippen molar-refractivity contribution in [1.82, 2.24) is 9.88 Å². The van der Waals surface area contributed by atoms with Crippen LogP contribution in [-0.4, -0.2) is 22.4 Å². The summed E-state index contributed by atoms with van der Waals surface area (Å²) in [6.07, 6.45) is 2.71. The number of fused-ring (bicyclic) bond motifs is 2. The average Bonchev–Trinajstić information content (AvgIpc) is 3.42. The maximum atomic E-state index is 14.0. The number of hydrogen-bond acceptors (Lipinski definition) is 3. The molecule has 4 heteroatoms. The van der Waals surface area contributed by atoms with Crippen molar-refractivity contribution in [2.75, 3.05) is 6.61 Å². The summed E-state index contributed by atoms with van der Waals surface area (Å²) in [6.45, 7) is 1.55. The van der Waals surface area contributed by atoms with Crippen LogP contribution in [0.3, 0.4) is 0 Å². The van der Waals surface area contributed by atoms with Crippen LogP contribution in [0.15, 0.2) is 109 Å². The van der Waals surface area contributed by atoms with Gasteiger partial charge in [-0.1, -0.05) is 78.9 Å². The molecule has 36 heavy (non-hydrogen) atoms. The molecular formula is C32H26N2O2. The Balaban J connectivity index is 1.36. The summed E-state index contributed by atoms with van der Waals surface area (Å²) in [4.78, 5) is 20.5. The lowest BCUT2D eigenvalue weighted by Crippen LogP contribution is -2.30. The molecule has 4 nitrogen and oxygen atoms in total. The quantitative estimate of drug-likeness (QED) is 0.278. The van der Waals surface area contributed by atoms with E-state index in [4.69, 9.17) is 4.74 Å². The highest BCUT2D eigenvalue weighted by Gasteiger charge is 2.25. The molecule has 2 heterocycles. The number of pyridine rings is 1. The maximum Gasteiger partial charge on any atom is 0.258 e. The molecule has 4 aromatic carbocycles. The third kappa shape index (κ3) is 4.46. The number of nitrogens with zero attached hydrogens (tertiary/aromatic N) is 2. The van der Waals surface area contributed by atoms with E-state index in [0.29, 0.717) is 25.3 Å². The molecule has 0 fully saturated rings. The molecule has 0 spiro atoms. The van der Waals surface area contributed by atoms with Gasteiger partial charge in [-0.2, -0.15) is 0 Å². The minimum Gasteiger partial charge on any atom is -0.492 e. The van der Waals surface area contributed by atoms with E-state index >= 15 is 0 Å². The summed E-state index contributed by atoms with van der Waals surface area (Å²) in [7, 11) is 0. The zero-order chi connectivity index (χ0) is 24.3. The van der Waals surface area contributed by atoms with Crippen LogP contribution in [0, 0.1) is 0 Å². The molecule has 1 aliphatic heterocycles. The summed E-state index contributed by atoms with van der Waals surface area (Å²) < 4.78 is 5.88. The van der Waals surface area contributed by atoms with Gasteiger partial charge in [0.1, 0.15) is 5.75 Å². The predicted octanol–water partition coefficient (Wildman–Crippen LogP) is 6.68. The monoisotopic (exact) mass is 470 g/mol. The third-order valence-electron chi connectivity index (χ3n) is 6.66. The van der Waals surface area contributed by atoms with E-state index in [2.05, 4.69) is 53.5 Å². The van der Waals surface area contributed by atoms with Crippen LogP contribution < -0.4 is 4.74 Å². The first kappa shape index (κ1) is 22.1. The molecule has 0 N–H and O–H groups in total. The Morgan fingerprint density at radius 2 is 1.56 bits per heavy atom. The van der Waals surface area contributed by atoms with Crippen molar-refractivity contribution in [1.29, 1.82) is 0 Å². The SMILES string of the molecule is O=C(c1cccc2c1OCC2)N(Cc1cccc(-c2ccccc2)c1)Cc1cnc2ccccc2c1. The van der Waals surface area contributed by atoms with Gasteiger partial charge in [-0.25, -0.2) is 0 Å². The van der Waals surface area contributed by atoms with Gasteiger partial charge in [-0.05, 0) is 52.1 Å². The fourth-order valence-corrected chi connectivity index (χ4v) is 4.88. The number of para-hydroxylation sites is 2. The Morgan fingerprint density at radius 3 is 2.47 bits per heavy atom. The van der Waals surface area contributed by atoms with E-state index in [0.717, 1.165) is 50.9 Å². The first-order valence-corrected chi connectivity index (χ1v) is 12.3. The number of carbonyl (C=O) groups excluding carboxylic acids is 1. The highest BCUT2D eigenvalue weighted by Crippen LogP contribution is 2.31. The van der Waals surface area contributed by atoms with Crippen molar-refractivity contribution in [3.63, 3.8) is 0 Å². The van der Waals surface area contributed by atoms with Crippen molar-refractivity contribution in [3.8, 4) is 16.9 Å². The molecule has 1 amide bonds. The Kier molecular flexibility index (Phi) is 5.92. The first-order chi connectivity index (χ1) is 17.7. The van der Waals surface area contributed by atoms with Crippen LogP contribution in [0.1, 0.15) is 27.0 Å². The van der Waals surface area contributed by atoms with Gasteiger partial charge in [0.05, 0.1) is 17.7 Å². The molecule has 0 saturated heterocycles. The van der Waals surface area contributed by atoms with Crippen LogP contribution in [0.4, 0.5) is 0 Å². The molecule has 0 radical (unpaired) electrons. The van der Waals surface area contributed by atoms with E-state index in [1.165, 1.54) is 0 Å². The lowest BCUT2D eigenvalue weighted by Gasteiger charge is -2.24. The normalized spacial score (nSPS) is 12.2. The standard InChI is InChI=1S/C32H26N2O2/c35-32(29-14-7-12-26-16-17-36-31(26)29)34(22-24-19-28-11-4-5-15-30(28)33-20-24)21-23-8-6-13-27(18-23)25-9-2-1-3-10-25/h1-15,18-20H,16-17,21-22H2.